The van der Waals surface area contributed by atoms with Gasteiger partial charge in [0.25, 0.3) is 0 Å². The van der Waals surface area contributed by atoms with Crippen LogP contribution >= 0.6 is 11.3 Å². The van der Waals surface area contributed by atoms with Crippen LogP contribution < -0.4 is 10.2 Å². The number of hydrogen-bond donors (Lipinski definition) is 1. The molecule has 0 radical (unpaired) electrons. The Bertz CT molecular complexity index is 748. The fourth-order valence-corrected chi connectivity index (χ4v) is 4.08. The number of nitrogens with one attached hydrogen (secondary N) is 1. The van der Waals surface area contributed by atoms with E-state index in [2.05, 4.69) is 10.3 Å². The van der Waals surface area contributed by atoms with Crippen molar-refractivity contribution in [2.45, 2.75) is 31.6 Å². The zero-order valence-electron chi connectivity index (χ0n) is 14.4. The first-order valence-corrected chi connectivity index (χ1v) is 9.23. The Morgan fingerprint density at radius 1 is 1.21 bits per heavy atom. The molecule has 2 aliphatic rings. The number of likely N-dealkylation sites (tertiary alicyclic amines) is 1. The summed E-state index contributed by atoms with van der Waals surface area (Å²) in [5.74, 6) is -0.865. The molecule has 2 saturated heterocycles. The molecule has 156 valence electrons. The van der Waals surface area contributed by atoms with Crippen LogP contribution in [0.4, 0.5) is 36.3 Å². The molecule has 0 spiro atoms. The molecule has 3 rings (SSSR count). The number of halogens is 6. The summed E-state index contributed by atoms with van der Waals surface area (Å²) in [6.07, 6.45) is -12.0. The van der Waals surface area contributed by atoms with E-state index in [1.165, 1.54) is 10.3 Å². The quantitative estimate of drug-likeness (QED) is 0.750. The van der Waals surface area contributed by atoms with Crippen molar-refractivity contribution in [2.24, 2.45) is 5.41 Å². The van der Waals surface area contributed by atoms with Gasteiger partial charge in [0.2, 0.25) is 5.91 Å². The van der Waals surface area contributed by atoms with Crippen molar-refractivity contribution in [3.63, 3.8) is 0 Å². The zero-order chi connectivity index (χ0) is 20.7. The highest BCUT2D eigenvalue weighted by Crippen LogP contribution is 2.55. The maximum atomic E-state index is 13.1. The van der Waals surface area contributed by atoms with Gasteiger partial charge in [0, 0.05) is 31.6 Å². The van der Waals surface area contributed by atoms with Gasteiger partial charge in [0.1, 0.15) is 0 Å². The SMILES string of the molecule is O=C(Cc1csc(N2CCCNC2=O)n1)N1CCC(C(F)(F)F)(C(F)(F)F)C1. The van der Waals surface area contributed by atoms with Crippen LogP contribution in [0.2, 0.25) is 0 Å². The monoisotopic (exact) mass is 430 g/mol. The lowest BCUT2D eigenvalue weighted by molar-refractivity contribution is -0.334. The van der Waals surface area contributed by atoms with E-state index < -0.39 is 49.6 Å². The second-order valence-electron chi connectivity index (χ2n) is 6.68. The highest BCUT2D eigenvalue weighted by molar-refractivity contribution is 7.14. The number of anilines is 1. The molecule has 0 atom stereocenters. The van der Waals surface area contributed by atoms with E-state index in [-0.39, 0.29) is 11.7 Å². The summed E-state index contributed by atoms with van der Waals surface area (Å²) in [6.45, 7) is -1.13. The van der Waals surface area contributed by atoms with Crippen molar-refractivity contribution in [1.82, 2.24) is 15.2 Å². The summed E-state index contributed by atoms with van der Waals surface area (Å²) in [6, 6.07) is -0.349. The second kappa shape index (κ2) is 7.08. The topological polar surface area (TPSA) is 65.5 Å². The van der Waals surface area contributed by atoms with Gasteiger partial charge in [0.05, 0.1) is 12.1 Å². The molecule has 1 N–H and O–H groups in total. The van der Waals surface area contributed by atoms with Crippen molar-refractivity contribution < 1.29 is 35.9 Å². The summed E-state index contributed by atoms with van der Waals surface area (Å²) in [5, 5.41) is 4.41. The van der Waals surface area contributed by atoms with E-state index in [0.717, 1.165) is 11.3 Å². The molecule has 0 saturated carbocycles. The molecule has 0 aromatic carbocycles. The standard InChI is InChI=1S/C15H16F6N4O2S/c16-14(17,18)13(15(19,20)21)2-5-24(8-13)10(26)6-9-7-28-12(23-9)25-4-1-3-22-11(25)27/h7H,1-6,8H2,(H,22,27). The van der Waals surface area contributed by atoms with Gasteiger partial charge in [-0.1, -0.05) is 0 Å². The molecular formula is C15H16F6N4O2S. The van der Waals surface area contributed by atoms with E-state index in [9.17, 15) is 35.9 Å². The van der Waals surface area contributed by atoms with Crippen LogP contribution in [0, 0.1) is 5.41 Å². The number of rotatable bonds is 3. The largest absolute Gasteiger partial charge is 0.404 e. The summed E-state index contributed by atoms with van der Waals surface area (Å²) in [5.41, 5.74) is -3.71. The Hall–Kier alpha value is -2.05. The van der Waals surface area contributed by atoms with Gasteiger partial charge >= 0.3 is 18.4 Å². The molecule has 1 aromatic heterocycles. The lowest BCUT2D eigenvalue weighted by Gasteiger charge is -2.33. The second-order valence-corrected chi connectivity index (χ2v) is 7.51. The fourth-order valence-electron chi connectivity index (χ4n) is 3.23. The van der Waals surface area contributed by atoms with Crippen LogP contribution in [0.3, 0.4) is 0 Å². The van der Waals surface area contributed by atoms with Crippen LogP contribution in [0.15, 0.2) is 5.38 Å². The number of nitrogens with zero attached hydrogens (tertiary/aromatic N) is 3. The Morgan fingerprint density at radius 3 is 2.46 bits per heavy atom. The molecule has 0 unspecified atom stereocenters. The van der Waals surface area contributed by atoms with Gasteiger partial charge < -0.3 is 10.2 Å². The number of thiazole rings is 1. The number of urea groups is 1. The molecule has 1 aromatic rings. The predicted octanol–water partition coefficient (Wildman–Crippen LogP) is 2.95. The first kappa shape index (κ1) is 20.7. The molecule has 2 fully saturated rings. The van der Waals surface area contributed by atoms with Gasteiger partial charge in [-0.05, 0) is 12.8 Å². The lowest BCUT2D eigenvalue weighted by atomic mass is 9.85. The van der Waals surface area contributed by atoms with E-state index in [0.29, 0.717) is 29.5 Å². The van der Waals surface area contributed by atoms with Crippen molar-refractivity contribution in [2.75, 3.05) is 31.1 Å². The van der Waals surface area contributed by atoms with Crippen molar-refractivity contribution in [3.8, 4) is 0 Å². The zero-order valence-corrected chi connectivity index (χ0v) is 15.2. The van der Waals surface area contributed by atoms with Gasteiger partial charge in [-0.15, -0.1) is 11.3 Å². The molecule has 3 heterocycles. The lowest BCUT2D eigenvalue weighted by Crippen LogP contribution is -2.52. The predicted molar refractivity (Wildman–Crippen MR) is 86.9 cm³/mol. The molecule has 0 bridgehead atoms. The van der Waals surface area contributed by atoms with Crippen molar-refractivity contribution >= 4 is 28.4 Å². The summed E-state index contributed by atoms with van der Waals surface area (Å²) in [4.78, 5) is 30.1. The van der Waals surface area contributed by atoms with Gasteiger partial charge in [-0.25, -0.2) is 9.78 Å². The first-order valence-electron chi connectivity index (χ1n) is 8.36. The minimum atomic E-state index is -5.50. The number of carbonyl (C=O) groups is 2. The molecule has 3 amide bonds. The third-order valence-corrected chi connectivity index (χ3v) is 5.80. The molecular weight excluding hydrogens is 414 g/mol. The van der Waals surface area contributed by atoms with E-state index in [4.69, 9.17) is 0 Å². The average molecular weight is 430 g/mol. The molecule has 6 nitrogen and oxygen atoms in total. The maximum absolute atomic E-state index is 13.1. The van der Waals surface area contributed by atoms with Crippen LogP contribution in [-0.2, 0) is 11.2 Å². The number of aromatic nitrogens is 1. The van der Waals surface area contributed by atoms with E-state index >= 15 is 0 Å². The number of alkyl halides is 6. The van der Waals surface area contributed by atoms with E-state index in [1.807, 2.05) is 0 Å². The van der Waals surface area contributed by atoms with Crippen molar-refractivity contribution in [3.05, 3.63) is 11.1 Å². The van der Waals surface area contributed by atoms with Gasteiger partial charge in [-0.2, -0.15) is 26.3 Å². The molecule has 13 heteroatoms. The molecule has 0 aliphatic carbocycles. The summed E-state index contributed by atoms with van der Waals surface area (Å²) in [7, 11) is 0. The third kappa shape index (κ3) is 3.63. The summed E-state index contributed by atoms with van der Waals surface area (Å²) >= 11 is 1.08. The first-order chi connectivity index (χ1) is 12.9. The minimum absolute atomic E-state index is 0.194. The summed E-state index contributed by atoms with van der Waals surface area (Å²) < 4.78 is 78.7. The van der Waals surface area contributed by atoms with Gasteiger partial charge in [-0.3, -0.25) is 9.69 Å². The van der Waals surface area contributed by atoms with Crippen LogP contribution in [-0.4, -0.2) is 60.4 Å². The Labute approximate surface area is 159 Å². The Kier molecular flexibility index (Phi) is 5.23. The fraction of sp³-hybridized carbons (Fsp3) is 0.667. The average Bonchev–Trinajstić information content (AvgIpc) is 3.21. The normalized spacial score (nSPS) is 20.4. The maximum Gasteiger partial charge on any atom is 0.404 e. The van der Waals surface area contributed by atoms with Gasteiger partial charge in [0.15, 0.2) is 10.5 Å². The highest BCUT2D eigenvalue weighted by atomic mass is 32.1. The highest BCUT2D eigenvalue weighted by Gasteiger charge is 2.72. The smallest absolute Gasteiger partial charge is 0.341 e. The number of carbonyl (C=O) groups excluding carboxylic acids is 2. The minimum Gasteiger partial charge on any atom is -0.341 e. The number of hydrogen-bond acceptors (Lipinski definition) is 4. The third-order valence-electron chi connectivity index (χ3n) is 4.89. The van der Waals surface area contributed by atoms with Crippen molar-refractivity contribution in [1.29, 1.82) is 0 Å². The molecule has 28 heavy (non-hydrogen) atoms. The molecule has 2 aliphatic heterocycles. The van der Waals surface area contributed by atoms with Crippen LogP contribution in [0.25, 0.3) is 0 Å². The number of amides is 3. The Balaban J connectivity index is 1.69. The van der Waals surface area contributed by atoms with Crippen LogP contribution in [0.5, 0.6) is 0 Å². The van der Waals surface area contributed by atoms with E-state index in [1.54, 1.807) is 0 Å². The van der Waals surface area contributed by atoms with Crippen LogP contribution in [0.1, 0.15) is 18.5 Å². The Morgan fingerprint density at radius 2 is 1.89 bits per heavy atom.